The van der Waals surface area contributed by atoms with Gasteiger partial charge in [-0.2, -0.15) is 0 Å². The Labute approximate surface area is 124 Å². The van der Waals surface area contributed by atoms with E-state index >= 15 is 0 Å². The highest BCUT2D eigenvalue weighted by Crippen LogP contribution is 2.70. The van der Waals surface area contributed by atoms with Gasteiger partial charge in [-0.15, -0.1) is 0 Å². The van der Waals surface area contributed by atoms with Gasteiger partial charge in [-0.05, 0) is 79.1 Å². The van der Waals surface area contributed by atoms with Gasteiger partial charge in [0.15, 0.2) is 0 Å². The monoisotopic (exact) mass is 279 g/mol. The number of aliphatic hydroxyl groups excluding tert-OH is 1. The molecular weight excluding hydrogens is 246 g/mol. The fourth-order valence-electron chi connectivity index (χ4n) is 7.09. The summed E-state index contributed by atoms with van der Waals surface area (Å²) in [6, 6.07) is 0. The van der Waals surface area contributed by atoms with E-state index in [0.717, 1.165) is 5.92 Å². The summed E-state index contributed by atoms with van der Waals surface area (Å²) in [6.07, 6.45) is 7.68. The zero-order chi connectivity index (χ0) is 14.8. The minimum atomic E-state index is -0.199. The minimum Gasteiger partial charge on any atom is -0.392 e. The van der Waals surface area contributed by atoms with Crippen LogP contribution in [0.4, 0.5) is 0 Å². The molecule has 0 aromatic heterocycles. The number of nitrogens with two attached hydrogens (primary N) is 1. The lowest BCUT2D eigenvalue weighted by Gasteiger charge is -2.67. The SMILES string of the molecule is CC(C)C(CN)C(O)C12CC3CC(C)(CC(C)(C3)C1)C2. The molecule has 0 spiro atoms. The summed E-state index contributed by atoms with van der Waals surface area (Å²) in [4.78, 5) is 0. The van der Waals surface area contributed by atoms with E-state index in [1.165, 1.54) is 38.5 Å². The third-order valence-corrected chi connectivity index (χ3v) is 6.83. The fourth-order valence-corrected chi connectivity index (χ4v) is 7.09. The second kappa shape index (κ2) is 4.46. The predicted octanol–water partition coefficient (Wildman–Crippen LogP) is 3.57. The van der Waals surface area contributed by atoms with E-state index in [9.17, 15) is 5.11 Å². The van der Waals surface area contributed by atoms with E-state index in [2.05, 4.69) is 27.7 Å². The Bertz CT molecular complexity index is 373. The van der Waals surface area contributed by atoms with Crippen LogP contribution in [0.15, 0.2) is 0 Å². The lowest BCUT2D eigenvalue weighted by Crippen LogP contribution is -2.60. The van der Waals surface area contributed by atoms with Crippen LogP contribution in [0.2, 0.25) is 0 Å². The maximum atomic E-state index is 11.2. The Hall–Kier alpha value is -0.0800. The Morgan fingerprint density at radius 3 is 2.00 bits per heavy atom. The van der Waals surface area contributed by atoms with E-state index in [1.54, 1.807) is 0 Å². The minimum absolute atomic E-state index is 0.164. The summed E-state index contributed by atoms with van der Waals surface area (Å²) < 4.78 is 0. The molecular formula is C18H33NO. The highest BCUT2D eigenvalue weighted by molar-refractivity contribution is 5.13. The predicted molar refractivity (Wildman–Crippen MR) is 83.2 cm³/mol. The number of aliphatic hydroxyl groups is 1. The average molecular weight is 279 g/mol. The fraction of sp³-hybridized carbons (Fsp3) is 1.00. The van der Waals surface area contributed by atoms with E-state index in [1.807, 2.05) is 0 Å². The topological polar surface area (TPSA) is 46.2 Å². The van der Waals surface area contributed by atoms with Crippen LogP contribution in [-0.4, -0.2) is 17.8 Å². The number of hydrogen-bond donors (Lipinski definition) is 2. The molecule has 0 radical (unpaired) electrons. The molecule has 0 aromatic rings. The molecule has 4 aliphatic rings. The van der Waals surface area contributed by atoms with E-state index < -0.39 is 0 Å². The maximum Gasteiger partial charge on any atom is 0.0639 e. The molecule has 0 saturated heterocycles. The molecule has 3 N–H and O–H groups in total. The van der Waals surface area contributed by atoms with E-state index in [4.69, 9.17) is 5.73 Å². The van der Waals surface area contributed by atoms with Crippen LogP contribution in [0, 0.1) is 34.0 Å². The van der Waals surface area contributed by atoms with Gasteiger partial charge in [0.05, 0.1) is 6.10 Å². The normalized spacial score (nSPS) is 49.6. The molecule has 4 aliphatic carbocycles. The zero-order valence-corrected chi connectivity index (χ0v) is 13.8. The summed E-state index contributed by atoms with van der Waals surface area (Å²) in [6.45, 7) is 10.0. The van der Waals surface area contributed by atoms with Gasteiger partial charge >= 0.3 is 0 Å². The van der Waals surface area contributed by atoms with Crippen LogP contribution in [-0.2, 0) is 0 Å². The first kappa shape index (κ1) is 14.8. The lowest BCUT2D eigenvalue weighted by atomic mass is 9.38. The highest BCUT2D eigenvalue weighted by Gasteiger charge is 2.62. The van der Waals surface area contributed by atoms with Gasteiger partial charge < -0.3 is 10.8 Å². The quantitative estimate of drug-likeness (QED) is 0.826. The Morgan fingerprint density at radius 1 is 1.05 bits per heavy atom. The van der Waals surface area contributed by atoms with Crippen molar-refractivity contribution in [2.45, 2.75) is 72.3 Å². The van der Waals surface area contributed by atoms with Gasteiger partial charge in [-0.25, -0.2) is 0 Å². The smallest absolute Gasteiger partial charge is 0.0639 e. The molecule has 0 heterocycles. The average Bonchev–Trinajstić information content (AvgIpc) is 2.23. The molecule has 2 nitrogen and oxygen atoms in total. The van der Waals surface area contributed by atoms with Crippen LogP contribution in [0.1, 0.15) is 66.2 Å². The Kier molecular flexibility index (Phi) is 3.31. The van der Waals surface area contributed by atoms with Crippen LogP contribution in [0.3, 0.4) is 0 Å². The largest absolute Gasteiger partial charge is 0.392 e. The van der Waals surface area contributed by atoms with Crippen molar-refractivity contribution in [2.75, 3.05) is 6.54 Å². The Morgan fingerprint density at radius 2 is 1.60 bits per heavy atom. The summed E-state index contributed by atoms with van der Waals surface area (Å²) in [5, 5.41) is 11.2. The van der Waals surface area contributed by atoms with Crippen molar-refractivity contribution in [3.63, 3.8) is 0 Å². The summed E-state index contributed by atoms with van der Waals surface area (Å²) in [7, 11) is 0. The molecule has 2 heteroatoms. The molecule has 0 aliphatic heterocycles. The van der Waals surface area contributed by atoms with Crippen molar-refractivity contribution in [1.82, 2.24) is 0 Å². The summed E-state index contributed by atoms with van der Waals surface area (Å²) in [5.41, 5.74) is 7.12. The molecule has 4 atom stereocenters. The lowest BCUT2D eigenvalue weighted by molar-refractivity contribution is -0.198. The molecule has 4 bridgehead atoms. The van der Waals surface area contributed by atoms with Crippen molar-refractivity contribution < 1.29 is 5.11 Å². The van der Waals surface area contributed by atoms with Crippen molar-refractivity contribution in [1.29, 1.82) is 0 Å². The van der Waals surface area contributed by atoms with Gasteiger partial charge in [0.25, 0.3) is 0 Å². The molecule has 20 heavy (non-hydrogen) atoms. The van der Waals surface area contributed by atoms with Gasteiger partial charge in [0.1, 0.15) is 0 Å². The van der Waals surface area contributed by atoms with Gasteiger partial charge in [0.2, 0.25) is 0 Å². The second-order valence-electron chi connectivity index (χ2n) is 9.58. The zero-order valence-electron chi connectivity index (χ0n) is 13.8. The molecule has 0 amide bonds. The first-order chi connectivity index (χ1) is 9.21. The summed E-state index contributed by atoms with van der Waals surface area (Å²) in [5.74, 6) is 1.59. The van der Waals surface area contributed by atoms with Gasteiger partial charge in [-0.1, -0.05) is 27.7 Å². The van der Waals surface area contributed by atoms with Crippen LogP contribution in [0.5, 0.6) is 0 Å². The third kappa shape index (κ3) is 2.14. The van der Waals surface area contributed by atoms with Crippen LogP contribution in [0.25, 0.3) is 0 Å². The molecule has 116 valence electrons. The first-order valence-electron chi connectivity index (χ1n) is 8.59. The molecule has 4 saturated carbocycles. The van der Waals surface area contributed by atoms with Crippen molar-refractivity contribution in [2.24, 2.45) is 39.7 Å². The van der Waals surface area contributed by atoms with Gasteiger partial charge in [0, 0.05) is 0 Å². The number of hydrogen-bond acceptors (Lipinski definition) is 2. The maximum absolute atomic E-state index is 11.2. The third-order valence-electron chi connectivity index (χ3n) is 6.83. The van der Waals surface area contributed by atoms with Crippen molar-refractivity contribution >= 4 is 0 Å². The first-order valence-corrected chi connectivity index (χ1v) is 8.59. The van der Waals surface area contributed by atoms with Crippen LogP contribution >= 0.6 is 0 Å². The summed E-state index contributed by atoms with van der Waals surface area (Å²) >= 11 is 0. The highest BCUT2D eigenvalue weighted by atomic mass is 16.3. The molecule has 4 unspecified atom stereocenters. The van der Waals surface area contributed by atoms with E-state index in [-0.39, 0.29) is 17.4 Å². The number of rotatable bonds is 4. The van der Waals surface area contributed by atoms with Gasteiger partial charge in [-0.3, -0.25) is 0 Å². The standard InChI is InChI=1S/C18H33NO/c1-12(2)14(8-19)15(20)18-7-13-5-16(3,10-18)9-17(4,6-13)11-18/h12-15,20H,5-11,19H2,1-4H3. The van der Waals surface area contributed by atoms with Crippen LogP contribution < -0.4 is 5.73 Å². The Balaban J connectivity index is 1.92. The molecule has 0 aromatic carbocycles. The van der Waals surface area contributed by atoms with Crippen molar-refractivity contribution in [3.05, 3.63) is 0 Å². The second-order valence-corrected chi connectivity index (χ2v) is 9.58. The molecule has 4 rings (SSSR count). The molecule has 4 fully saturated rings. The van der Waals surface area contributed by atoms with Crippen molar-refractivity contribution in [3.8, 4) is 0 Å². The van der Waals surface area contributed by atoms with E-state index in [0.29, 0.717) is 23.3 Å².